The Labute approximate surface area is 126 Å². The molecule has 19 heavy (non-hydrogen) atoms. The van der Waals surface area contributed by atoms with Crippen LogP contribution in [0.3, 0.4) is 0 Å². The third-order valence-electron chi connectivity index (χ3n) is 3.59. The van der Waals surface area contributed by atoms with Crippen LogP contribution in [0.5, 0.6) is 0 Å². The van der Waals surface area contributed by atoms with Crippen LogP contribution >= 0.6 is 23.2 Å². The van der Waals surface area contributed by atoms with Crippen LogP contribution in [0.2, 0.25) is 10.0 Å². The first-order chi connectivity index (χ1) is 9.04. The van der Waals surface area contributed by atoms with Crippen molar-refractivity contribution in [1.82, 2.24) is 5.32 Å². The van der Waals surface area contributed by atoms with Gasteiger partial charge in [0.1, 0.15) is 0 Å². The molecule has 1 aliphatic rings. The van der Waals surface area contributed by atoms with Crippen molar-refractivity contribution in [1.29, 1.82) is 0 Å². The second-order valence-electron chi connectivity index (χ2n) is 6.13. The van der Waals surface area contributed by atoms with E-state index in [1.54, 1.807) is 0 Å². The summed E-state index contributed by atoms with van der Waals surface area (Å²) in [6.45, 7) is 5.70. The SMILES string of the molecule is CC(C)CC(CNC1CC1)Cc1ccc(Cl)c(Cl)c1. The quantitative estimate of drug-likeness (QED) is 0.751. The minimum atomic E-state index is 0.641. The normalized spacial score (nSPS) is 16.9. The van der Waals surface area contributed by atoms with Crippen LogP contribution < -0.4 is 5.32 Å². The smallest absolute Gasteiger partial charge is 0.0595 e. The number of hydrogen-bond donors (Lipinski definition) is 1. The lowest BCUT2D eigenvalue weighted by molar-refractivity contribution is 0.384. The van der Waals surface area contributed by atoms with E-state index in [1.165, 1.54) is 24.8 Å². The molecule has 1 aromatic carbocycles. The molecule has 3 heteroatoms. The van der Waals surface area contributed by atoms with Crippen LogP contribution in [0.4, 0.5) is 0 Å². The molecule has 1 atom stereocenters. The molecule has 1 saturated carbocycles. The molecule has 1 aromatic rings. The van der Waals surface area contributed by atoms with Gasteiger partial charge in [-0.2, -0.15) is 0 Å². The summed E-state index contributed by atoms with van der Waals surface area (Å²) in [7, 11) is 0. The lowest BCUT2D eigenvalue weighted by Gasteiger charge is -2.20. The van der Waals surface area contributed by atoms with Crippen LogP contribution in [0.1, 0.15) is 38.7 Å². The van der Waals surface area contributed by atoms with Gasteiger partial charge in [0.15, 0.2) is 0 Å². The molecule has 106 valence electrons. The number of nitrogens with one attached hydrogen (secondary N) is 1. The predicted octanol–water partition coefficient (Wildman–Crippen LogP) is 4.95. The first-order valence-electron chi connectivity index (χ1n) is 7.22. The average molecular weight is 300 g/mol. The monoisotopic (exact) mass is 299 g/mol. The van der Waals surface area contributed by atoms with Gasteiger partial charge in [-0.1, -0.05) is 43.1 Å². The van der Waals surface area contributed by atoms with E-state index in [-0.39, 0.29) is 0 Å². The molecule has 1 nitrogen and oxygen atoms in total. The van der Waals surface area contributed by atoms with E-state index >= 15 is 0 Å². The lowest BCUT2D eigenvalue weighted by Crippen LogP contribution is -2.27. The van der Waals surface area contributed by atoms with Crippen LogP contribution in [0.15, 0.2) is 18.2 Å². The highest BCUT2D eigenvalue weighted by atomic mass is 35.5. The van der Waals surface area contributed by atoms with Crippen molar-refractivity contribution in [2.75, 3.05) is 6.54 Å². The Kier molecular flexibility index (Phi) is 5.56. The zero-order valence-corrected chi connectivity index (χ0v) is 13.3. The third kappa shape index (κ3) is 5.33. The molecule has 1 fully saturated rings. The zero-order chi connectivity index (χ0) is 13.8. The molecule has 1 unspecified atom stereocenters. The van der Waals surface area contributed by atoms with Crippen molar-refractivity contribution >= 4 is 23.2 Å². The molecule has 0 aliphatic heterocycles. The summed E-state index contributed by atoms with van der Waals surface area (Å²) in [5.74, 6) is 1.41. The van der Waals surface area contributed by atoms with E-state index in [0.717, 1.165) is 24.9 Å². The van der Waals surface area contributed by atoms with Gasteiger partial charge in [-0.05, 0) is 61.8 Å². The molecule has 2 rings (SSSR count). The lowest BCUT2D eigenvalue weighted by atomic mass is 9.91. The number of rotatable bonds is 7. The van der Waals surface area contributed by atoms with Crippen molar-refractivity contribution in [3.05, 3.63) is 33.8 Å². The van der Waals surface area contributed by atoms with E-state index in [9.17, 15) is 0 Å². The van der Waals surface area contributed by atoms with Crippen LogP contribution in [-0.4, -0.2) is 12.6 Å². The second kappa shape index (κ2) is 6.97. The topological polar surface area (TPSA) is 12.0 Å². The molecule has 0 amide bonds. The summed E-state index contributed by atoms with van der Waals surface area (Å²) < 4.78 is 0. The highest BCUT2D eigenvalue weighted by Crippen LogP contribution is 2.26. The molecule has 0 aromatic heterocycles. The maximum absolute atomic E-state index is 6.09. The first kappa shape index (κ1) is 15.2. The molecular formula is C16H23Cl2N. The summed E-state index contributed by atoms with van der Waals surface area (Å²) in [5, 5.41) is 4.95. The van der Waals surface area contributed by atoms with E-state index in [1.807, 2.05) is 12.1 Å². The Hall–Kier alpha value is -0.240. The number of hydrogen-bond acceptors (Lipinski definition) is 1. The third-order valence-corrected chi connectivity index (χ3v) is 4.32. The average Bonchev–Trinajstić information content (AvgIpc) is 3.14. The summed E-state index contributed by atoms with van der Waals surface area (Å²) in [6, 6.07) is 6.79. The summed E-state index contributed by atoms with van der Waals surface area (Å²) in [6.07, 6.45) is 5.02. The molecule has 0 bridgehead atoms. The van der Waals surface area contributed by atoms with Gasteiger partial charge in [0.05, 0.1) is 10.0 Å². The first-order valence-corrected chi connectivity index (χ1v) is 7.97. The highest BCUT2D eigenvalue weighted by Gasteiger charge is 2.22. The molecular weight excluding hydrogens is 277 g/mol. The van der Waals surface area contributed by atoms with E-state index in [4.69, 9.17) is 23.2 Å². The van der Waals surface area contributed by atoms with E-state index in [0.29, 0.717) is 16.0 Å². The standard InChI is InChI=1S/C16H23Cl2N/c1-11(2)7-13(10-19-14-4-5-14)8-12-3-6-15(17)16(18)9-12/h3,6,9,11,13-14,19H,4-5,7-8,10H2,1-2H3. The minimum absolute atomic E-state index is 0.641. The van der Waals surface area contributed by atoms with Gasteiger partial charge in [-0.3, -0.25) is 0 Å². The fourth-order valence-electron chi connectivity index (χ4n) is 2.53. The predicted molar refractivity (Wildman–Crippen MR) is 84.1 cm³/mol. The van der Waals surface area contributed by atoms with Crippen molar-refractivity contribution < 1.29 is 0 Å². The van der Waals surface area contributed by atoms with Gasteiger partial charge in [0.25, 0.3) is 0 Å². The number of halogens is 2. The molecule has 0 radical (unpaired) electrons. The van der Waals surface area contributed by atoms with Gasteiger partial charge in [0.2, 0.25) is 0 Å². The van der Waals surface area contributed by atoms with Crippen molar-refractivity contribution in [2.24, 2.45) is 11.8 Å². The Morgan fingerprint density at radius 3 is 2.53 bits per heavy atom. The molecule has 1 aliphatic carbocycles. The van der Waals surface area contributed by atoms with Crippen LogP contribution in [0.25, 0.3) is 0 Å². The fraction of sp³-hybridized carbons (Fsp3) is 0.625. The molecule has 0 saturated heterocycles. The maximum atomic E-state index is 6.09. The van der Waals surface area contributed by atoms with Crippen molar-refractivity contribution in [2.45, 2.75) is 45.6 Å². The Morgan fingerprint density at radius 1 is 1.21 bits per heavy atom. The van der Waals surface area contributed by atoms with Gasteiger partial charge in [0, 0.05) is 6.04 Å². The largest absolute Gasteiger partial charge is 0.314 e. The van der Waals surface area contributed by atoms with Crippen molar-refractivity contribution in [3.8, 4) is 0 Å². The molecule has 1 N–H and O–H groups in total. The van der Waals surface area contributed by atoms with Gasteiger partial charge < -0.3 is 5.32 Å². The zero-order valence-electron chi connectivity index (χ0n) is 11.8. The van der Waals surface area contributed by atoms with Crippen molar-refractivity contribution in [3.63, 3.8) is 0 Å². The van der Waals surface area contributed by atoms with Gasteiger partial charge in [-0.15, -0.1) is 0 Å². The fourth-order valence-corrected chi connectivity index (χ4v) is 2.85. The summed E-state index contributed by atoms with van der Waals surface area (Å²) >= 11 is 12.1. The van der Waals surface area contributed by atoms with Gasteiger partial charge in [-0.25, -0.2) is 0 Å². The highest BCUT2D eigenvalue weighted by molar-refractivity contribution is 6.42. The van der Waals surface area contributed by atoms with Gasteiger partial charge >= 0.3 is 0 Å². The Balaban J connectivity index is 1.94. The minimum Gasteiger partial charge on any atom is -0.314 e. The Morgan fingerprint density at radius 2 is 1.95 bits per heavy atom. The second-order valence-corrected chi connectivity index (χ2v) is 6.95. The van der Waals surface area contributed by atoms with E-state index in [2.05, 4.69) is 25.2 Å². The summed E-state index contributed by atoms with van der Waals surface area (Å²) in [4.78, 5) is 0. The summed E-state index contributed by atoms with van der Waals surface area (Å²) in [5.41, 5.74) is 1.29. The molecule has 0 heterocycles. The van der Waals surface area contributed by atoms with Crippen LogP contribution in [-0.2, 0) is 6.42 Å². The van der Waals surface area contributed by atoms with E-state index < -0.39 is 0 Å². The van der Waals surface area contributed by atoms with Crippen LogP contribution in [0, 0.1) is 11.8 Å². The number of benzene rings is 1. The maximum Gasteiger partial charge on any atom is 0.0595 e. The Bertz CT molecular complexity index is 413. The molecule has 0 spiro atoms.